The Morgan fingerprint density at radius 2 is 2.12 bits per heavy atom. The number of ether oxygens (including phenoxy) is 2. The number of aromatic hydroxyl groups is 1. The summed E-state index contributed by atoms with van der Waals surface area (Å²) >= 11 is 0. The molecular formula is C13H18O4. The Morgan fingerprint density at radius 1 is 1.41 bits per heavy atom. The molecular weight excluding hydrogens is 220 g/mol. The van der Waals surface area contributed by atoms with Crippen molar-refractivity contribution in [2.75, 3.05) is 7.11 Å². The number of aryl methyl sites for hydroxylation is 1. The van der Waals surface area contributed by atoms with Crippen LogP contribution >= 0.6 is 0 Å². The van der Waals surface area contributed by atoms with Gasteiger partial charge in [-0.15, -0.1) is 0 Å². The highest BCUT2D eigenvalue weighted by molar-refractivity contribution is 5.69. The van der Waals surface area contributed by atoms with Crippen LogP contribution in [0.2, 0.25) is 0 Å². The average Bonchev–Trinajstić information content (AvgIpc) is 2.26. The van der Waals surface area contributed by atoms with E-state index in [1.165, 1.54) is 7.11 Å². The monoisotopic (exact) mass is 238 g/mol. The van der Waals surface area contributed by atoms with Crippen LogP contribution in [0.1, 0.15) is 25.8 Å². The molecule has 0 amide bonds. The van der Waals surface area contributed by atoms with Gasteiger partial charge in [0.2, 0.25) is 0 Å². The van der Waals surface area contributed by atoms with Gasteiger partial charge in [0.25, 0.3) is 0 Å². The zero-order valence-electron chi connectivity index (χ0n) is 10.4. The van der Waals surface area contributed by atoms with Gasteiger partial charge >= 0.3 is 5.97 Å². The molecule has 0 unspecified atom stereocenters. The van der Waals surface area contributed by atoms with Crippen LogP contribution in [0.25, 0.3) is 0 Å². The minimum absolute atomic E-state index is 0.0219. The maximum absolute atomic E-state index is 11.1. The van der Waals surface area contributed by atoms with Crippen molar-refractivity contribution in [1.29, 1.82) is 0 Å². The van der Waals surface area contributed by atoms with Gasteiger partial charge in [-0.3, -0.25) is 4.79 Å². The van der Waals surface area contributed by atoms with Crippen LogP contribution in [0.5, 0.6) is 11.5 Å². The van der Waals surface area contributed by atoms with E-state index in [2.05, 4.69) is 4.74 Å². The SMILES string of the molecule is COC(=O)CCc1ccc(O)cc1OC(C)C. The van der Waals surface area contributed by atoms with Gasteiger partial charge in [-0.2, -0.15) is 0 Å². The highest BCUT2D eigenvalue weighted by atomic mass is 16.5. The number of methoxy groups -OCH3 is 1. The van der Waals surface area contributed by atoms with E-state index in [4.69, 9.17) is 4.74 Å². The van der Waals surface area contributed by atoms with E-state index in [1.807, 2.05) is 13.8 Å². The van der Waals surface area contributed by atoms with Gasteiger partial charge in [0.15, 0.2) is 0 Å². The second-order valence-corrected chi connectivity index (χ2v) is 4.03. The summed E-state index contributed by atoms with van der Waals surface area (Å²) in [5, 5.41) is 9.40. The number of hydrogen-bond donors (Lipinski definition) is 1. The molecule has 1 aromatic carbocycles. The largest absolute Gasteiger partial charge is 0.508 e. The van der Waals surface area contributed by atoms with Crippen molar-refractivity contribution in [3.63, 3.8) is 0 Å². The van der Waals surface area contributed by atoms with Gasteiger partial charge in [-0.1, -0.05) is 6.07 Å². The fourth-order valence-corrected chi connectivity index (χ4v) is 1.45. The van der Waals surface area contributed by atoms with Gasteiger partial charge in [0, 0.05) is 12.5 Å². The third-order valence-electron chi connectivity index (χ3n) is 2.24. The third-order valence-corrected chi connectivity index (χ3v) is 2.24. The van der Waals surface area contributed by atoms with Gasteiger partial charge < -0.3 is 14.6 Å². The molecule has 0 bridgehead atoms. The molecule has 0 spiro atoms. The fourth-order valence-electron chi connectivity index (χ4n) is 1.45. The number of phenolic OH excluding ortho intramolecular Hbond substituents is 1. The highest BCUT2D eigenvalue weighted by Crippen LogP contribution is 2.26. The van der Waals surface area contributed by atoms with Crippen molar-refractivity contribution in [1.82, 2.24) is 0 Å². The molecule has 0 saturated heterocycles. The second kappa shape index (κ2) is 6.13. The lowest BCUT2D eigenvalue weighted by Gasteiger charge is -2.14. The van der Waals surface area contributed by atoms with Gasteiger partial charge in [-0.25, -0.2) is 0 Å². The van der Waals surface area contributed by atoms with E-state index in [-0.39, 0.29) is 17.8 Å². The normalized spacial score (nSPS) is 10.4. The molecule has 0 aliphatic heterocycles. The zero-order chi connectivity index (χ0) is 12.8. The van der Waals surface area contributed by atoms with Crippen LogP contribution in [-0.4, -0.2) is 24.3 Å². The lowest BCUT2D eigenvalue weighted by molar-refractivity contribution is -0.140. The van der Waals surface area contributed by atoms with Crippen LogP contribution in [0.15, 0.2) is 18.2 Å². The summed E-state index contributed by atoms with van der Waals surface area (Å²) in [6, 6.07) is 4.91. The molecule has 94 valence electrons. The van der Waals surface area contributed by atoms with E-state index >= 15 is 0 Å². The maximum Gasteiger partial charge on any atom is 0.305 e. The summed E-state index contributed by atoms with van der Waals surface area (Å²) in [7, 11) is 1.37. The summed E-state index contributed by atoms with van der Waals surface area (Å²) in [5.41, 5.74) is 0.891. The maximum atomic E-state index is 11.1. The summed E-state index contributed by atoms with van der Waals surface area (Å²) in [6.45, 7) is 3.82. The lowest BCUT2D eigenvalue weighted by Crippen LogP contribution is -2.08. The molecule has 17 heavy (non-hydrogen) atoms. The van der Waals surface area contributed by atoms with Crippen molar-refractivity contribution in [2.45, 2.75) is 32.8 Å². The molecule has 0 saturated carbocycles. The van der Waals surface area contributed by atoms with Crippen molar-refractivity contribution < 1.29 is 19.4 Å². The number of hydrogen-bond acceptors (Lipinski definition) is 4. The first-order chi connectivity index (χ1) is 8.02. The topological polar surface area (TPSA) is 55.8 Å². The summed E-state index contributed by atoms with van der Waals surface area (Å²) in [5.74, 6) is 0.514. The fraction of sp³-hybridized carbons (Fsp3) is 0.462. The molecule has 1 N–H and O–H groups in total. The Balaban J connectivity index is 2.78. The molecule has 0 fully saturated rings. The van der Waals surface area contributed by atoms with Crippen LogP contribution in [0, 0.1) is 0 Å². The minimum atomic E-state index is -0.256. The average molecular weight is 238 g/mol. The zero-order valence-corrected chi connectivity index (χ0v) is 10.4. The Morgan fingerprint density at radius 3 is 2.71 bits per heavy atom. The van der Waals surface area contributed by atoms with E-state index in [0.717, 1.165) is 5.56 Å². The van der Waals surface area contributed by atoms with Gasteiger partial charge in [0.1, 0.15) is 11.5 Å². The van der Waals surface area contributed by atoms with Crippen LogP contribution in [-0.2, 0) is 16.0 Å². The van der Waals surface area contributed by atoms with Crippen molar-refractivity contribution in [2.24, 2.45) is 0 Å². The predicted octanol–water partition coefficient (Wildman–Crippen LogP) is 2.29. The van der Waals surface area contributed by atoms with Crippen LogP contribution in [0.4, 0.5) is 0 Å². The van der Waals surface area contributed by atoms with E-state index < -0.39 is 0 Å². The van der Waals surface area contributed by atoms with E-state index in [9.17, 15) is 9.90 Å². The molecule has 4 heteroatoms. The standard InChI is InChI=1S/C13H18O4/c1-9(2)17-12-8-11(14)6-4-10(12)5-7-13(15)16-3/h4,6,8-9,14H,5,7H2,1-3H3. The first-order valence-corrected chi connectivity index (χ1v) is 5.58. The quantitative estimate of drug-likeness (QED) is 0.799. The first kappa shape index (κ1) is 13.4. The molecule has 0 aliphatic carbocycles. The number of carbonyl (C=O) groups excluding carboxylic acids is 1. The van der Waals surface area contributed by atoms with Gasteiger partial charge in [-0.05, 0) is 31.9 Å². The third kappa shape index (κ3) is 4.34. The minimum Gasteiger partial charge on any atom is -0.508 e. The van der Waals surface area contributed by atoms with Crippen LogP contribution in [0.3, 0.4) is 0 Å². The van der Waals surface area contributed by atoms with Crippen LogP contribution < -0.4 is 4.74 Å². The first-order valence-electron chi connectivity index (χ1n) is 5.58. The molecule has 1 aromatic rings. The molecule has 1 rings (SSSR count). The molecule has 4 nitrogen and oxygen atoms in total. The highest BCUT2D eigenvalue weighted by Gasteiger charge is 2.09. The summed E-state index contributed by atoms with van der Waals surface area (Å²) in [6.07, 6.45) is 0.860. The number of rotatable bonds is 5. The van der Waals surface area contributed by atoms with Gasteiger partial charge in [0.05, 0.1) is 13.2 Å². The number of esters is 1. The second-order valence-electron chi connectivity index (χ2n) is 4.03. The number of benzene rings is 1. The van der Waals surface area contributed by atoms with Crippen molar-refractivity contribution in [3.8, 4) is 11.5 Å². The summed E-state index contributed by atoms with van der Waals surface area (Å²) in [4.78, 5) is 11.1. The number of carbonyl (C=O) groups is 1. The summed E-state index contributed by atoms with van der Waals surface area (Å²) < 4.78 is 10.2. The van der Waals surface area contributed by atoms with E-state index in [1.54, 1.807) is 18.2 Å². The Labute approximate surface area is 101 Å². The molecule has 0 radical (unpaired) electrons. The molecule has 0 aromatic heterocycles. The predicted molar refractivity (Wildman–Crippen MR) is 64.2 cm³/mol. The Kier molecular flexibility index (Phi) is 4.82. The van der Waals surface area contributed by atoms with Crippen molar-refractivity contribution >= 4 is 5.97 Å². The van der Waals surface area contributed by atoms with E-state index in [0.29, 0.717) is 18.6 Å². The van der Waals surface area contributed by atoms with Crippen molar-refractivity contribution in [3.05, 3.63) is 23.8 Å². The number of phenols is 1. The Hall–Kier alpha value is -1.71. The smallest absolute Gasteiger partial charge is 0.305 e. The molecule has 0 heterocycles. The molecule has 0 aliphatic rings. The molecule has 0 atom stereocenters. The lowest BCUT2D eigenvalue weighted by atomic mass is 10.1. The Bertz CT molecular complexity index is 385.